The molecule has 0 N–H and O–H groups in total. The first-order valence-electron chi connectivity index (χ1n) is 7.14. The van der Waals surface area contributed by atoms with Crippen molar-refractivity contribution in [1.29, 1.82) is 0 Å². The second kappa shape index (κ2) is 12.4. The predicted molar refractivity (Wildman–Crippen MR) is 74.6 cm³/mol. The van der Waals surface area contributed by atoms with Crippen LogP contribution in [0.5, 0.6) is 0 Å². The van der Waals surface area contributed by atoms with Crippen LogP contribution in [0.15, 0.2) is 0 Å². The third-order valence-electron chi connectivity index (χ3n) is 2.82. The Hall–Kier alpha value is 0.350. The molecule has 0 aliphatic rings. The highest BCUT2D eigenvalue weighted by atomic mass is 32.1. The van der Waals surface area contributed by atoms with Crippen molar-refractivity contribution < 1.29 is 1.37 Å². The molecule has 15 heavy (non-hydrogen) atoms. The van der Waals surface area contributed by atoms with E-state index in [1.165, 1.54) is 57.8 Å². The molecule has 0 fully saturated rings. The molecule has 91 valence electrons. The zero-order chi connectivity index (χ0) is 12.3. The molecule has 0 aromatic carbocycles. The summed E-state index contributed by atoms with van der Waals surface area (Å²) in [5, 5.41) is -0.764. The van der Waals surface area contributed by atoms with Gasteiger partial charge in [-0.3, -0.25) is 0 Å². The molecule has 0 spiro atoms. The van der Waals surface area contributed by atoms with Gasteiger partial charge in [0.1, 0.15) is 0 Å². The number of unbranched alkanes of at least 4 members (excludes halogenated alkanes) is 9. The minimum absolute atomic E-state index is 0.764. The maximum Gasteiger partial charge on any atom is 0.0414 e. The fraction of sp³-hybridized carbons (Fsp3) is 0.929. The zero-order valence-electron chi connectivity index (χ0n) is 11.4. The summed E-state index contributed by atoms with van der Waals surface area (Å²) < 4.78 is 7.50. The van der Waals surface area contributed by atoms with Gasteiger partial charge in [-0.1, -0.05) is 71.1 Å². The van der Waals surface area contributed by atoms with Gasteiger partial charge in [0.2, 0.25) is 0 Å². The SMILES string of the molecule is [2H]C([CH2])(S)CCCCCCCCCCCC. The lowest BCUT2D eigenvalue weighted by molar-refractivity contribution is 0.551. The molecular weight excluding hydrogens is 200 g/mol. The van der Waals surface area contributed by atoms with Crippen LogP contribution in [-0.2, 0) is 0 Å². The van der Waals surface area contributed by atoms with Crippen molar-refractivity contribution in [2.45, 2.75) is 82.8 Å². The number of hydrogen-bond acceptors (Lipinski definition) is 1. The minimum Gasteiger partial charge on any atom is -0.176 e. The van der Waals surface area contributed by atoms with Gasteiger partial charge in [-0.2, -0.15) is 12.6 Å². The van der Waals surface area contributed by atoms with E-state index in [2.05, 4.69) is 26.5 Å². The van der Waals surface area contributed by atoms with Crippen LogP contribution in [-0.4, -0.2) is 5.23 Å². The Labute approximate surface area is 104 Å². The molecule has 1 heteroatoms. The van der Waals surface area contributed by atoms with Crippen molar-refractivity contribution in [3.05, 3.63) is 6.92 Å². The summed E-state index contributed by atoms with van der Waals surface area (Å²) >= 11 is 4.10. The summed E-state index contributed by atoms with van der Waals surface area (Å²) in [5.41, 5.74) is 0. The number of hydrogen-bond donors (Lipinski definition) is 1. The Bertz CT molecular complexity index is 140. The average molecular weight is 230 g/mol. The molecule has 0 aromatic rings. The summed E-state index contributed by atoms with van der Waals surface area (Å²) in [6.45, 7) is 5.94. The molecule has 0 aliphatic carbocycles. The van der Waals surface area contributed by atoms with Gasteiger partial charge in [0.25, 0.3) is 0 Å². The first-order chi connectivity index (χ1) is 7.56. The number of rotatable bonds is 11. The summed E-state index contributed by atoms with van der Waals surface area (Å²) in [6.07, 6.45) is 14.2. The smallest absolute Gasteiger partial charge is 0.0414 e. The average Bonchev–Trinajstić information content (AvgIpc) is 2.19. The lowest BCUT2D eigenvalue weighted by atomic mass is 10.1. The van der Waals surface area contributed by atoms with Crippen LogP contribution in [0, 0.1) is 6.92 Å². The highest BCUT2D eigenvalue weighted by molar-refractivity contribution is 7.81. The van der Waals surface area contributed by atoms with Crippen molar-refractivity contribution in [2.75, 3.05) is 0 Å². The Morgan fingerprint density at radius 2 is 1.33 bits per heavy atom. The van der Waals surface area contributed by atoms with Crippen molar-refractivity contribution in [3.63, 3.8) is 0 Å². The Balaban J connectivity index is 2.99. The summed E-state index contributed by atoms with van der Waals surface area (Å²) in [5.74, 6) is 0. The van der Waals surface area contributed by atoms with E-state index in [0.29, 0.717) is 0 Å². The molecule has 0 saturated carbocycles. The molecule has 1 unspecified atom stereocenters. The maximum absolute atomic E-state index is 7.50. The van der Waals surface area contributed by atoms with Crippen LogP contribution in [0.1, 0.15) is 78.9 Å². The van der Waals surface area contributed by atoms with E-state index in [-0.39, 0.29) is 0 Å². The van der Waals surface area contributed by atoms with E-state index >= 15 is 0 Å². The fourth-order valence-corrected chi connectivity index (χ4v) is 1.97. The van der Waals surface area contributed by atoms with Gasteiger partial charge >= 0.3 is 0 Å². The van der Waals surface area contributed by atoms with Crippen molar-refractivity contribution in [2.24, 2.45) is 0 Å². The monoisotopic (exact) mass is 230 g/mol. The normalized spacial score (nSPS) is 16.1. The van der Waals surface area contributed by atoms with Crippen molar-refractivity contribution in [1.82, 2.24) is 0 Å². The lowest BCUT2D eigenvalue weighted by Crippen LogP contribution is -1.90. The quantitative estimate of drug-likeness (QED) is 0.355. The predicted octanol–water partition coefficient (Wildman–Crippen LogP) is 5.43. The van der Waals surface area contributed by atoms with E-state index in [0.717, 1.165) is 12.8 Å². The Kier molecular flexibility index (Phi) is 11.1. The molecule has 0 bridgehead atoms. The van der Waals surface area contributed by atoms with Crippen LogP contribution in [0.3, 0.4) is 0 Å². The highest BCUT2D eigenvalue weighted by Gasteiger charge is 1.95. The molecular formula is C14H29S. The van der Waals surface area contributed by atoms with Gasteiger partial charge in [-0.25, -0.2) is 0 Å². The first-order valence-corrected chi connectivity index (χ1v) is 7.09. The topological polar surface area (TPSA) is 0 Å². The van der Waals surface area contributed by atoms with E-state index in [1.54, 1.807) is 0 Å². The summed E-state index contributed by atoms with van der Waals surface area (Å²) in [7, 11) is 0. The molecule has 0 aliphatic heterocycles. The highest BCUT2D eigenvalue weighted by Crippen LogP contribution is 2.12. The summed E-state index contributed by atoms with van der Waals surface area (Å²) in [4.78, 5) is 0. The van der Waals surface area contributed by atoms with Crippen LogP contribution < -0.4 is 0 Å². The van der Waals surface area contributed by atoms with Crippen molar-refractivity contribution >= 4 is 12.6 Å². The van der Waals surface area contributed by atoms with Gasteiger partial charge in [0.15, 0.2) is 0 Å². The maximum atomic E-state index is 7.50. The molecule has 0 heterocycles. The molecule has 0 saturated heterocycles. The molecule has 0 rings (SSSR count). The van der Waals surface area contributed by atoms with Gasteiger partial charge in [0.05, 0.1) is 0 Å². The van der Waals surface area contributed by atoms with Crippen LogP contribution in [0.4, 0.5) is 0 Å². The van der Waals surface area contributed by atoms with E-state index in [4.69, 9.17) is 1.37 Å². The summed E-state index contributed by atoms with van der Waals surface area (Å²) in [6, 6.07) is 0. The Morgan fingerprint density at radius 1 is 0.933 bits per heavy atom. The van der Waals surface area contributed by atoms with Crippen LogP contribution in [0.2, 0.25) is 0 Å². The zero-order valence-corrected chi connectivity index (χ0v) is 11.3. The molecule has 0 nitrogen and oxygen atoms in total. The van der Waals surface area contributed by atoms with E-state index in [1.807, 2.05) is 0 Å². The standard InChI is InChI=1S/C14H29S/c1-3-4-5-6-7-8-9-10-11-12-13-14(2)15/h14-15H,2-13H2,1H3/i14D. The van der Waals surface area contributed by atoms with E-state index < -0.39 is 5.23 Å². The Morgan fingerprint density at radius 3 is 1.73 bits per heavy atom. The first kappa shape index (κ1) is 13.4. The largest absolute Gasteiger partial charge is 0.176 e. The second-order valence-electron chi connectivity index (χ2n) is 4.50. The fourth-order valence-electron chi connectivity index (χ4n) is 1.82. The molecule has 0 aromatic heterocycles. The molecule has 1 atom stereocenters. The van der Waals surface area contributed by atoms with E-state index in [9.17, 15) is 0 Å². The lowest BCUT2D eigenvalue weighted by Gasteiger charge is -2.03. The van der Waals surface area contributed by atoms with Gasteiger partial charge in [-0.05, 0) is 13.3 Å². The van der Waals surface area contributed by atoms with Crippen LogP contribution in [0.25, 0.3) is 0 Å². The number of thiol groups is 1. The van der Waals surface area contributed by atoms with Crippen LogP contribution >= 0.6 is 12.6 Å². The minimum atomic E-state index is -0.764. The van der Waals surface area contributed by atoms with Gasteiger partial charge < -0.3 is 0 Å². The van der Waals surface area contributed by atoms with Gasteiger partial charge in [0, 0.05) is 6.60 Å². The molecule has 1 radical (unpaired) electrons. The second-order valence-corrected chi connectivity index (χ2v) is 5.13. The third-order valence-corrected chi connectivity index (χ3v) is 3.04. The van der Waals surface area contributed by atoms with Crippen molar-refractivity contribution in [3.8, 4) is 0 Å². The third kappa shape index (κ3) is 14.4. The molecule has 0 amide bonds. The van der Waals surface area contributed by atoms with Gasteiger partial charge in [-0.15, -0.1) is 0 Å².